The fourth-order valence-electron chi connectivity index (χ4n) is 7.80. The Bertz CT molecular complexity index is 745. The van der Waals surface area contributed by atoms with Crippen LogP contribution in [0.5, 0.6) is 0 Å². The molecule has 1 heterocycles. The summed E-state index contributed by atoms with van der Waals surface area (Å²) in [5.41, 5.74) is -1.65. The van der Waals surface area contributed by atoms with Crippen molar-refractivity contribution in [1.82, 2.24) is 0 Å². The largest absolute Gasteiger partial charge is 0.388 e. The molecule has 148 valence electrons. The molecule has 1 spiro atoms. The second-order valence-corrected chi connectivity index (χ2v) is 9.64. The maximum absolute atomic E-state index is 12.5. The van der Waals surface area contributed by atoms with Crippen molar-refractivity contribution < 1.29 is 29.6 Å². The molecule has 3 saturated carbocycles. The maximum atomic E-state index is 12.5. The highest BCUT2D eigenvalue weighted by atomic mass is 16.6. The first kappa shape index (κ1) is 18.0. The maximum Gasteiger partial charge on any atom is 0.190 e. The van der Waals surface area contributed by atoms with Gasteiger partial charge in [-0.05, 0) is 67.8 Å². The minimum atomic E-state index is -1.72. The highest BCUT2D eigenvalue weighted by Crippen LogP contribution is 2.72. The van der Waals surface area contributed by atoms with Crippen LogP contribution in [0.3, 0.4) is 0 Å². The lowest BCUT2D eigenvalue weighted by molar-refractivity contribution is -0.200. The van der Waals surface area contributed by atoms with Crippen molar-refractivity contribution in [3.63, 3.8) is 0 Å². The molecule has 4 fully saturated rings. The standard InChI is InChI=1S/C21H28O6/c1-19-6-4-12(23)8-11(19)2-3-13-14-5-7-21(26,16(24)10-22)20(14)9-15(17(13)19)27-18(20)25/h8,13-15,17-18,22,25-26H,2-7,9-10H2,1H3/t13-,14-,15-,17-,18+,19-,20-,21-/m0/s1. The van der Waals surface area contributed by atoms with Crippen LogP contribution in [0.2, 0.25) is 0 Å². The number of carbonyl (C=O) groups excluding carboxylic acids is 2. The second-order valence-electron chi connectivity index (χ2n) is 9.64. The lowest BCUT2D eigenvalue weighted by atomic mass is 9.46. The van der Waals surface area contributed by atoms with Gasteiger partial charge in [-0.1, -0.05) is 12.5 Å². The Labute approximate surface area is 158 Å². The summed E-state index contributed by atoms with van der Waals surface area (Å²) in [6.45, 7) is 1.51. The van der Waals surface area contributed by atoms with Crippen LogP contribution < -0.4 is 0 Å². The second kappa shape index (κ2) is 5.50. The van der Waals surface area contributed by atoms with Crippen LogP contribution in [0.25, 0.3) is 0 Å². The predicted octanol–water partition coefficient (Wildman–Crippen LogP) is 1.12. The van der Waals surface area contributed by atoms with Gasteiger partial charge in [0.05, 0.1) is 11.5 Å². The van der Waals surface area contributed by atoms with Gasteiger partial charge in [-0.15, -0.1) is 0 Å². The topological polar surface area (TPSA) is 104 Å². The van der Waals surface area contributed by atoms with E-state index in [-0.39, 0.29) is 41.5 Å². The number of aliphatic hydroxyl groups excluding tert-OH is 2. The average Bonchev–Trinajstić information content (AvgIpc) is 3.11. The first-order chi connectivity index (χ1) is 12.8. The third-order valence-electron chi connectivity index (χ3n) is 8.96. The van der Waals surface area contributed by atoms with Crippen molar-refractivity contribution in [2.45, 2.75) is 69.9 Å². The van der Waals surface area contributed by atoms with E-state index in [0.717, 1.165) is 19.3 Å². The number of rotatable bonds is 2. The summed E-state index contributed by atoms with van der Waals surface area (Å²) in [5.74, 6) is 0.0248. The summed E-state index contributed by atoms with van der Waals surface area (Å²) in [7, 11) is 0. The zero-order valence-electron chi connectivity index (χ0n) is 15.7. The van der Waals surface area contributed by atoms with Crippen molar-refractivity contribution in [3.8, 4) is 0 Å². The van der Waals surface area contributed by atoms with Gasteiger partial charge in [-0.25, -0.2) is 0 Å². The molecule has 0 aromatic carbocycles. The highest BCUT2D eigenvalue weighted by molar-refractivity contribution is 5.92. The minimum absolute atomic E-state index is 0.00671. The van der Waals surface area contributed by atoms with Gasteiger partial charge >= 0.3 is 0 Å². The van der Waals surface area contributed by atoms with E-state index in [2.05, 4.69) is 6.92 Å². The van der Waals surface area contributed by atoms with Crippen LogP contribution in [0.15, 0.2) is 11.6 Å². The van der Waals surface area contributed by atoms with Crippen molar-refractivity contribution in [1.29, 1.82) is 0 Å². The Hall–Kier alpha value is -1.08. The zero-order chi connectivity index (χ0) is 19.2. The zero-order valence-corrected chi connectivity index (χ0v) is 15.7. The van der Waals surface area contributed by atoms with Gasteiger partial charge in [0, 0.05) is 6.42 Å². The molecule has 0 amide bonds. The number of ketones is 2. The molecule has 8 atom stereocenters. The van der Waals surface area contributed by atoms with Crippen LogP contribution in [0, 0.1) is 28.6 Å². The molecular formula is C21H28O6. The molecule has 0 radical (unpaired) electrons. The number of hydrogen-bond acceptors (Lipinski definition) is 6. The first-order valence-corrected chi connectivity index (χ1v) is 10.2. The molecule has 3 N–H and O–H groups in total. The van der Waals surface area contributed by atoms with Crippen LogP contribution in [-0.4, -0.2) is 51.5 Å². The van der Waals surface area contributed by atoms with E-state index in [1.54, 1.807) is 0 Å². The van der Waals surface area contributed by atoms with Crippen LogP contribution >= 0.6 is 0 Å². The first-order valence-electron chi connectivity index (χ1n) is 10.2. The predicted molar refractivity (Wildman–Crippen MR) is 94.3 cm³/mol. The smallest absolute Gasteiger partial charge is 0.190 e. The van der Waals surface area contributed by atoms with E-state index in [4.69, 9.17) is 4.74 Å². The van der Waals surface area contributed by atoms with Crippen LogP contribution in [0.1, 0.15) is 51.9 Å². The van der Waals surface area contributed by atoms with Gasteiger partial charge < -0.3 is 20.1 Å². The summed E-state index contributed by atoms with van der Waals surface area (Å²) in [6.07, 6.45) is 4.85. The monoisotopic (exact) mass is 376 g/mol. The fourth-order valence-corrected chi connectivity index (χ4v) is 7.80. The Morgan fingerprint density at radius 2 is 2.07 bits per heavy atom. The number of hydrogen-bond donors (Lipinski definition) is 3. The normalized spacial score (nSPS) is 53.4. The Morgan fingerprint density at radius 3 is 2.81 bits per heavy atom. The third kappa shape index (κ3) is 1.95. The number of aliphatic hydroxyl groups is 3. The van der Waals surface area contributed by atoms with Crippen LogP contribution in [0.4, 0.5) is 0 Å². The number of allylic oxidation sites excluding steroid dienone is 1. The molecule has 5 aliphatic rings. The molecule has 27 heavy (non-hydrogen) atoms. The van der Waals surface area contributed by atoms with E-state index in [0.29, 0.717) is 19.3 Å². The molecule has 0 unspecified atom stereocenters. The molecule has 6 heteroatoms. The van der Waals surface area contributed by atoms with Gasteiger partial charge in [0.25, 0.3) is 0 Å². The molecule has 2 bridgehead atoms. The molecule has 6 nitrogen and oxygen atoms in total. The SMILES string of the molecule is C[C@]12CCC(=O)C=C1CC[C@@H]1[C@H]2[C@@H]2C[C@@]3([C@H](O)O2)[C@H]1CC[C@]3(O)C(=O)CO. The summed E-state index contributed by atoms with van der Waals surface area (Å²) < 4.78 is 6.04. The van der Waals surface area contributed by atoms with Gasteiger partial charge in [0.1, 0.15) is 12.2 Å². The third-order valence-corrected chi connectivity index (χ3v) is 8.96. The highest BCUT2D eigenvalue weighted by Gasteiger charge is 2.76. The quantitative estimate of drug-likeness (QED) is 0.667. The van der Waals surface area contributed by atoms with E-state index in [1.165, 1.54) is 5.57 Å². The van der Waals surface area contributed by atoms with E-state index >= 15 is 0 Å². The lowest BCUT2D eigenvalue weighted by Gasteiger charge is -2.57. The van der Waals surface area contributed by atoms with Gasteiger partial charge in [-0.3, -0.25) is 9.59 Å². The van der Waals surface area contributed by atoms with Crippen molar-refractivity contribution in [2.75, 3.05) is 6.61 Å². The van der Waals surface area contributed by atoms with Gasteiger partial charge in [0.15, 0.2) is 17.9 Å². The number of carbonyl (C=O) groups is 2. The molecule has 1 saturated heterocycles. The summed E-state index contributed by atoms with van der Waals surface area (Å²) in [5, 5.41) is 31.7. The summed E-state index contributed by atoms with van der Waals surface area (Å²) in [6, 6.07) is 0. The van der Waals surface area contributed by atoms with Crippen LogP contribution in [-0.2, 0) is 14.3 Å². The number of fused-ring (bicyclic) bond motifs is 6. The average molecular weight is 376 g/mol. The Balaban J connectivity index is 1.60. The fraction of sp³-hybridized carbons (Fsp3) is 0.810. The van der Waals surface area contributed by atoms with Crippen molar-refractivity contribution >= 4 is 11.6 Å². The van der Waals surface area contributed by atoms with Crippen molar-refractivity contribution in [3.05, 3.63) is 11.6 Å². The number of Topliss-reactive ketones (excluding diaryl/α,β-unsaturated/α-hetero) is 1. The van der Waals surface area contributed by atoms with E-state index < -0.39 is 29.7 Å². The Kier molecular flexibility index (Phi) is 3.66. The summed E-state index contributed by atoms with van der Waals surface area (Å²) in [4.78, 5) is 24.5. The summed E-state index contributed by atoms with van der Waals surface area (Å²) >= 11 is 0. The molecule has 0 aromatic heterocycles. The minimum Gasteiger partial charge on any atom is -0.388 e. The number of ether oxygens (including phenoxy) is 1. The molecule has 1 aliphatic heterocycles. The molecular weight excluding hydrogens is 348 g/mol. The molecule has 4 aliphatic carbocycles. The molecule has 5 rings (SSSR count). The molecule has 0 aromatic rings. The van der Waals surface area contributed by atoms with Crippen molar-refractivity contribution in [2.24, 2.45) is 28.6 Å². The van der Waals surface area contributed by atoms with Gasteiger partial charge in [0.2, 0.25) is 0 Å². The van der Waals surface area contributed by atoms with E-state index in [9.17, 15) is 24.9 Å². The lowest BCUT2D eigenvalue weighted by Crippen LogP contribution is -2.62. The Morgan fingerprint density at radius 1 is 1.30 bits per heavy atom. The van der Waals surface area contributed by atoms with Gasteiger partial charge in [-0.2, -0.15) is 0 Å². The van der Waals surface area contributed by atoms with E-state index in [1.807, 2.05) is 6.08 Å².